The Kier molecular flexibility index (Phi) is 4.79. The number of likely N-dealkylation sites (N-methyl/N-ethyl adjacent to an activating group) is 1. The number of carbonyl (C=O) groups excluding carboxylic acids is 1. The fourth-order valence-electron chi connectivity index (χ4n) is 2.78. The van der Waals surface area contributed by atoms with E-state index >= 15 is 0 Å². The van der Waals surface area contributed by atoms with E-state index in [0.717, 1.165) is 16.3 Å². The number of hydrogen-bond acceptors (Lipinski definition) is 3. The summed E-state index contributed by atoms with van der Waals surface area (Å²) in [7, 11) is 3.74. The maximum atomic E-state index is 12.9. The van der Waals surface area contributed by atoms with Crippen molar-refractivity contribution in [3.63, 3.8) is 0 Å². The van der Waals surface area contributed by atoms with E-state index in [0.29, 0.717) is 10.7 Å². The molecule has 0 saturated carbocycles. The number of pyridine rings is 1. The molecule has 1 amide bonds. The summed E-state index contributed by atoms with van der Waals surface area (Å²) in [6, 6.07) is 14.7. The summed E-state index contributed by atoms with van der Waals surface area (Å²) in [5, 5.41) is 5.56. The summed E-state index contributed by atoms with van der Waals surface area (Å²) in [6.07, 6.45) is 3.45. The molecule has 0 aliphatic carbocycles. The van der Waals surface area contributed by atoms with Gasteiger partial charge in [0.15, 0.2) is 0 Å². The van der Waals surface area contributed by atoms with Gasteiger partial charge in [0.25, 0.3) is 0 Å². The van der Waals surface area contributed by atoms with Crippen LogP contribution in [0.4, 0.5) is 5.69 Å². The molecule has 0 radical (unpaired) electrons. The van der Waals surface area contributed by atoms with Gasteiger partial charge >= 0.3 is 0 Å². The van der Waals surface area contributed by atoms with Crippen molar-refractivity contribution in [3.05, 3.63) is 71.5 Å². The van der Waals surface area contributed by atoms with Crippen LogP contribution in [0.1, 0.15) is 11.6 Å². The quantitative estimate of drug-likeness (QED) is 0.777. The van der Waals surface area contributed by atoms with E-state index in [4.69, 9.17) is 11.6 Å². The van der Waals surface area contributed by atoms with Crippen LogP contribution in [0.15, 0.2) is 60.9 Å². The fourth-order valence-corrected chi connectivity index (χ4v) is 2.98. The monoisotopic (exact) mass is 339 g/mol. The van der Waals surface area contributed by atoms with Crippen molar-refractivity contribution in [1.82, 2.24) is 9.88 Å². The van der Waals surface area contributed by atoms with E-state index in [1.165, 1.54) is 0 Å². The van der Waals surface area contributed by atoms with Gasteiger partial charge in [-0.05, 0) is 31.8 Å². The molecular weight excluding hydrogens is 322 g/mol. The Morgan fingerprint density at radius 3 is 2.67 bits per heavy atom. The summed E-state index contributed by atoms with van der Waals surface area (Å²) < 4.78 is 0. The number of amides is 1. The molecule has 1 aromatic heterocycles. The van der Waals surface area contributed by atoms with Gasteiger partial charge in [0.1, 0.15) is 6.04 Å². The minimum absolute atomic E-state index is 0.125. The van der Waals surface area contributed by atoms with Gasteiger partial charge in [-0.3, -0.25) is 14.7 Å². The first-order valence-electron chi connectivity index (χ1n) is 7.62. The summed E-state index contributed by atoms with van der Waals surface area (Å²) >= 11 is 6.08. The van der Waals surface area contributed by atoms with E-state index in [1.54, 1.807) is 18.5 Å². The Balaban J connectivity index is 1.94. The molecule has 1 N–H and O–H groups in total. The van der Waals surface area contributed by atoms with Gasteiger partial charge in [0, 0.05) is 22.0 Å². The molecule has 24 heavy (non-hydrogen) atoms. The van der Waals surface area contributed by atoms with Crippen molar-refractivity contribution in [1.29, 1.82) is 0 Å². The van der Waals surface area contributed by atoms with Crippen molar-refractivity contribution >= 4 is 34.0 Å². The van der Waals surface area contributed by atoms with Gasteiger partial charge in [0.05, 0.1) is 11.9 Å². The second-order valence-corrected chi connectivity index (χ2v) is 6.26. The topological polar surface area (TPSA) is 45.2 Å². The van der Waals surface area contributed by atoms with Gasteiger partial charge in [-0.25, -0.2) is 0 Å². The lowest BCUT2D eigenvalue weighted by Crippen LogP contribution is -2.32. The predicted octanol–water partition coefficient (Wildman–Crippen LogP) is 4.13. The van der Waals surface area contributed by atoms with Crippen molar-refractivity contribution in [2.45, 2.75) is 6.04 Å². The van der Waals surface area contributed by atoms with E-state index in [1.807, 2.05) is 61.5 Å². The Morgan fingerprint density at radius 2 is 1.92 bits per heavy atom. The first kappa shape index (κ1) is 16.4. The van der Waals surface area contributed by atoms with Crippen molar-refractivity contribution in [3.8, 4) is 0 Å². The molecule has 4 nitrogen and oxygen atoms in total. The number of rotatable bonds is 4. The normalized spacial score (nSPS) is 12.3. The SMILES string of the molecule is CN(C)C(C(=O)Nc1cncc2ccccc12)c1cccc(Cl)c1. The van der Waals surface area contributed by atoms with Crippen LogP contribution in [-0.4, -0.2) is 29.9 Å². The zero-order valence-corrected chi connectivity index (χ0v) is 14.3. The minimum Gasteiger partial charge on any atom is -0.323 e. The van der Waals surface area contributed by atoms with E-state index in [9.17, 15) is 4.79 Å². The lowest BCUT2D eigenvalue weighted by Gasteiger charge is -2.24. The summed E-state index contributed by atoms with van der Waals surface area (Å²) in [6.45, 7) is 0. The van der Waals surface area contributed by atoms with E-state index in [-0.39, 0.29) is 5.91 Å². The minimum atomic E-state index is -0.442. The third-order valence-electron chi connectivity index (χ3n) is 3.86. The Hall–Kier alpha value is -2.43. The molecule has 0 bridgehead atoms. The molecule has 1 heterocycles. The second-order valence-electron chi connectivity index (χ2n) is 5.82. The molecular formula is C19H18ClN3O. The van der Waals surface area contributed by atoms with Crippen LogP contribution in [0.2, 0.25) is 5.02 Å². The first-order chi connectivity index (χ1) is 11.6. The molecule has 0 aliphatic heterocycles. The van der Waals surface area contributed by atoms with Crippen LogP contribution in [0.3, 0.4) is 0 Å². The van der Waals surface area contributed by atoms with Crippen LogP contribution in [0.5, 0.6) is 0 Å². The standard InChI is InChI=1S/C19H18ClN3O/c1-23(2)18(13-7-5-8-15(20)10-13)19(24)22-17-12-21-11-14-6-3-4-9-16(14)17/h3-12,18H,1-2H3,(H,22,24). The average Bonchev–Trinajstić information content (AvgIpc) is 2.55. The van der Waals surface area contributed by atoms with E-state index in [2.05, 4.69) is 10.3 Å². The predicted molar refractivity (Wildman–Crippen MR) is 98.3 cm³/mol. The molecule has 0 spiro atoms. The number of benzene rings is 2. The number of carbonyl (C=O) groups is 1. The van der Waals surface area contributed by atoms with Crippen molar-refractivity contribution < 1.29 is 4.79 Å². The number of hydrogen-bond donors (Lipinski definition) is 1. The van der Waals surface area contributed by atoms with Gasteiger partial charge in [0.2, 0.25) is 5.91 Å². The zero-order chi connectivity index (χ0) is 17.1. The zero-order valence-electron chi connectivity index (χ0n) is 13.5. The molecule has 0 fully saturated rings. The lowest BCUT2D eigenvalue weighted by atomic mass is 10.0. The fraction of sp³-hybridized carbons (Fsp3) is 0.158. The van der Waals surface area contributed by atoms with Gasteiger partial charge in [-0.1, -0.05) is 48.0 Å². The molecule has 5 heteroatoms. The number of nitrogens with one attached hydrogen (secondary N) is 1. The van der Waals surface area contributed by atoms with Crippen LogP contribution in [0, 0.1) is 0 Å². The summed E-state index contributed by atoms with van der Waals surface area (Å²) in [4.78, 5) is 19.0. The Labute approximate surface area is 146 Å². The van der Waals surface area contributed by atoms with Crippen molar-refractivity contribution in [2.24, 2.45) is 0 Å². The molecule has 0 saturated heterocycles. The third kappa shape index (κ3) is 3.40. The third-order valence-corrected chi connectivity index (χ3v) is 4.09. The summed E-state index contributed by atoms with van der Waals surface area (Å²) in [5.74, 6) is -0.125. The van der Waals surface area contributed by atoms with Crippen LogP contribution >= 0.6 is 11.6 Å². The Morgan fingerprint density at radius 1 is 1.12 bits per heavy atom. The van der Waals surface area contributed by atoms with Gasteiger partial charge in [-0.15, -0.1) is 0 Å². The number of nitrogens with zero attached hydrogens (tertiary/aromatic N) is 2. The van der Waals surface area contributed by atoms with Crippen molar-refractivity contribution in [2.75, 3.05) is 19.4 Å². The highest BCUT2D eigenvalue weighted by Gasteiger charge is 2.23. The molecule has 3 aromatic rings. The van der Waals surface area contributed by atoms with E-state index < -0.39 is 6.04 Å². The number of halogens is 1. The van der Waals surface area contributed by atoms with Crippen LogP contribution in [-0.2, 0) is 4.79 Å². The van der Waals surface area contributed by atoms with Gasteiger partial charge < -0.3 is 5.32 Å². The molecule has 0 aliphatic rings. The maximum Gasteiger partial charge on any atom is 0.246 e. The molecule has 1 atom stereocenters. The Bertz CT molecular complexity index is 874. The molecule has 2 aromatic carbocycles. The molecule has 122 valence electrons. The maximum absolute atomic E-state index is 12.9. The number of fused-ring (bicyclic) bond motifs is 1. The highest BCUT2D eigenvalue weighted by atomic mass is 35.5. The lowest BCUT2D eigenvalue weighted by molar-refractivity contribution is -0.120. The molecule has 1 unspecified atom stereocenters. The summed E-state index contributed by atoms with van der Waals surface area (Å²) in [5.41, 5.74) is 1.55. The molecule has 3 rings (SSSR count). The number of aromatic nitrogens is 1. The average molecular weight is 340 g/mol. The number of anilines is 1. The highest BCUT2D eigenvalue weighted by molar-refractivity contribution is 6.30. The van der Waals surface area contributed by atoms with Gasteiger partial charge in [-0.2, -0.15) is 0 Å². The largest absolute Gasteiger partial charge is 0.323 e. The smallest absolute Gasteiger partial charge is 0.246 e. The first-order valence-corrected chi connectivity index (χ1v) is 7.99. The highest BCUT2D eigenvalue weighted by Crippen LogP contribution is 2.26. The second kappa shape index (κ2) is 6.99. The van der Waals surface area contributed by atoms with Crippen LogP contribution < -0.4 is 5.32 Å². The van der Waals surface area contributed by atoms with Crippen LogP contribution in [0.25, 0.3) is 10.8 Å².